The Morgan fingerprint density at radius 2 is 2.11 bits per heavy atom. The quantitative estimate of drug-likeness (QED) is 0.828. The molecule has 0 aromatic carbocycles. The molecule has 0 bridgehead atoms. The number of nitrogens with zero attached hydrogens (tertiary/aromatic N) is 3. The van der Waals surface area contributed by atoms with Crippen molar-refractivity contribution in [3.63, 3.8) is 0 Å². The molecule has 1 N–H and O–H groups in total. The fraction of sp³-hybridized carbons (Fsp3) is 0.600. The lowest BCUT2D eigenvalue weighted by atomic mass is 9.92. The van der Waals surface area contributed by atoms with E-state index < -0.39 is 18.4 Å². The van der Waals surface area contributed by atoms with Gasteiger partial charge in [0.05, 0.1) is 12.8 Å². The lowest BCUT2D eigenvalue weighted by molar-refractivity contribution is -0.243. The minimum atomic E-state index is -4.77. The van der Waals surface area contributed by atoms with Crippen LogP contribution < -0.4 is 0 Å². The van der Waals surface area contributed by atoms with Gasteiger partial charge in [0.2, 0.25) is 6.23 Å². The number of hydrogen-bond acceptors (Lipinski definition) is 5. The van der Waals surface area contributed by atoms with Crippen LogP contribution in [0, 0.1) is 5.92 Å². The van der Waals surface area contributed by atoms with Crippen molar-refractivity contribution in [3.8, 4) is 0 Å². The number of aliphatic hydroxyl groups excluding tert-OH is 1. The molecule has 1 aliphatic heterocycles. The second-order valence-electron chi connectivity index (χ2n) is 4.06. The Balaban J connectivity index is 2.27. The van der Waals surface area contributed by atoms with E-state index in [9.17, 15) is 18.3 Å². The minimum absolute atomic E-state index is 0.216. The first-order valence-electron chi connectivity index (χ1n) is 5.26. The van der Waals surface area contributed by atoms with Crippen molar-refractivity contribution in [2.24, 2.45) is 16.3 Å². The maximum atomic E-state index is 12.4. The van der Waals surface area contributed by atoms with E-state index in [1.54, 1.807) is 13.0 Å². The highest BCUT2D eigenvalue weighted by molar-refractivity contribution is 5.29. The van der Waals surface area contributed by atoms with Gasteiger partial charge in [0.1, 0.15) is 11.8 Å². The van der Waals surface area contributed by atoms with Crippen LogP contribution in [-0.2, 0) is 4.74 Å². The highest BCUT2D eigenvalue weighted by atomic mass is 19.4. The molecule has 0 amide bonds. The van der Waals surface area contributed by atoms with Gasteiger partial charge in [-0.3, -0.25) is 0 Å². The van der Waals surface area contributed by atoms with Gasteiger partial charge in [-0.05, 0) is 12.2 Å². The van der Waals surface area contributed by atoms with Crippen LogP contribution in [0.5, 0.6) is 0 Å². The van der Waals surface area contributed by atoms with E-state index in [4.69, 9.17) is 4.74 Å². The fourth-order valence-electron chi connectivity index (χ4n) is 1.95. The summed E-state index contributed by atoms with van der Waals surface area (Å²) in [5, 5.41) is 16.8. The van der Waals surface area contributed by atoms with Crippen LogP contribution in [0.25, 0.3) is 0 Å². The first kappa shape index (κ1) is 12.9. The summed E-state index contributed by atoms with van der Waals surface area (Å²) in [7, 11) is 1.48. The molecule has 0 aromatic heterocycles. The van der Waals surface area contributed by atoms with Gasteiger partial charge >= 0.3 is 6.18 Å². The van der Waals surface area contributed by atoms with Crippen molar-refractivity contribution in [2.75, 3.05) is 7.11 Å². The molecule has 18 heavy (non-hydrogen) atoms. The Labute approximate surface area is 101 Å². The average Bonchev–Trinajstić information content (AvgIpc) is 2.71. The second kappa shape index (κ2) is 4.27. The van der Waals surface area contributed by atoms with Gasteiger partial charge in [0.25, 0.3) is 0 Å². The summed E-state index contributed by atoms with van der Waals surface area (Å²) in [5.74, 6) is 0.398. The molecule has 0 spiro atoms. The average molecular weight is 263 g/mol. The lowest BCUT2D eigenvalue weighted by Gasteiger charge is -2.28. The Morgan fingerprint density at radius 1 is 1.44 bits per heavy atom. The summed E-state index contributed by atoms with van der Waals surface area (Å²) in [5.41, 5.74) is 0.216. The highest BCUT2D eigenvalue weighted by Gasteiger charge is 2.48. The zero-order valence-electron chi connectivity index (χ0n) is 9.72. The molecular formula is C10H12F3N3O2. The van der Waals surface area contributed by atoms with E-state index in [0.29, 0.717) is 10.8 Å². The Bertz CT molecular complexity index is 431. The largest absolute Gasteiger partial charge is 0.501 e. The third kappa shape index (κ3) is 1.96. The number of halogens is 3. The summed E-state index contributed by atoms with van der Waals surface area (Å²) in [6, 6.07) is -0.554. The van der Waals surface area contributed by atoms with Gasteiger partial charge < -0.3 is 9.84 Å². The minimum Gasteiger partial charge on any atom is -0.501 e. The van der Waals surface area contributed by atoms with Gasteiger partial charge in [0.15, 0.2) is 0 Å². The van der Waals surface area contributed by atoms with E-state index in [2.05, 4.69) is 10.3 Å². The van der Waals surface area contributed by atoms with Crippen molar-refractivity contribution in [2.45, 2.75) is 25.4 Å². The third-order valence-electron chi connectivity index (χ3n) is 2.94. The van der Waals surface area contributed by atoms with Gasteiger partial charge in [-0.15, -0.1) is 0 Å². The van der Waals surface area contributed by atoms with Gasteiger partial charge in [0, 0.05) is 5.92 Å². The van der Waals surface area contributed by atoms with Crippen LogP contribution in [0.15, 0.2) is 33.9 Å². The summed E-state index contributed by atoms with van der Waals surface area (Å²) in [6.45, 7) is 1.77. The van der Waals surface area contributed by atoms with Crippen LogP contribution in [0.2, 0.25) is 0 Å². The molecule has 1 aliphatic carbocycles. The van der Waals surface area contributed by atoms with Crippen LogP contribution in [-0.4, -0.2) is 35.7 Å². The summed E-state index contributed by atoms with van der Waals surface area (Å²) in [6.07, 6.45) is -4.47. The summed E-state index contributed by atoms with van der Waals surface area (Å²) < 4.78 is 42.4. The molecule has 3 atom stereocenters. The third-order valence-corrected chi connectivity index (χ3v) is 2.94. The maximum absolute atomic E-state index is 12.4. The van der Waals surface area contributed by atoms with Crippen molar-refractivity contribution >= 4 is 0 Å². The molecule has 2 rings (SSSR count). The number of methoxy groups -OCH3 is 1. The van der Waals surface area contributed by atoms with E-state index in [-0.39, 0.29) is 11.6 Å². The summed E-state index contributed by atoms with van der Waals surface area (Å²) >= 11 is 0. The smallest absolute Gasteiger partial charge is 0.435 e. The molecule has 100 valence electrons. The molecule has 0 aromatic rings. The molecule has 5 nitrogen and oxygen atoms in total. The molecule has 0 fully saturated rings. The van der Waals surface area contributed by atoms with E-state index >= 15 is 0 Å². The van der Waals surface area contributed by atoms with Gasteiger partial charge in [-0.2, -0.15) is 18.3 Å². The van der Waals surface area contributed by atoms with Gasteiger partial charge in [-0.1, -0.05) is 12.1 Å². The number of allylic oxidation sites excluding steroid dienone is 2. The Hall–Kier alpha value is -1.57. The summed E-state index contributed by atoms with van der Waals surface area (Å²) in [4.78, 5) is 0. The molecule has 0 saturated carbocycles. The number of hydrogen-bond donors (Lipinski definition) is 1. The van der Waals surface area contributed by atoms with E-state index in [0.717, 1.165) is 0 Å². The fourth-order valence-corrected chi connectivity index (χ4v) is 1.95. The molecule has 8 heteroatoms. The molecule has 0 radical (unpaired) electrons. The van der Waals surface area contributed by atoms with E-state index in [1.165, 1.54) is 13.2 Å². The number of alkyl halides is 3. The number of fused-ring (bicyclic) bond motifs is 1. The lowest BCUT2D eigenvalue weighted by Crippen LogP contribution is -2.43. The predicted octanol–water partition coefficient (Wildman–Crippen LogP) is 1.98. The van der Waals surface area contributed by atoms with Crippen LogP contribution in [0.1, 0.15) is 6.92 Å². The molecule has 1 heterocycles. The Morgan fingerprint density at radius 3 is 2.67 bits per heavy atom. The monoisotopic (exact) mass is 263 g/mol. The molecular weight excluding hydrogens is 251 g/mol. The molecule has 0 saturated heterocycles. The zero-order valence-corrected chi connectivity index (χ0v) is 9.72. The van der Waals surface area contributed by atoms with Crippen molar-refractivity contribution < 1.29 is 23.0 Å². The Kier molecular flexibility index (Phi) is 3.05. The van der Waals surface area contributed by atoms with Crippen LogP contribution >= 0.6 is 0 Å². The topological polar surface area (TPSA) is 57.4 Å². The van der Waals surface area contributed by atoms with Crippen molar-refractivity contribution in [1.82, 2.24) is 5.01 Å². The number of rotatable bonds is 2. The second-order valence-corrected chi connectivity index (χ2v) is 4.06. The molecule has 3 unspecified atom stereocenters. The standard InChI is InChI=1S/C10H12F3N3O2/c1-5-7(18-2)4-3-6-8(5)14-15-16(6)9(17)10(11,12)13/h3-5,8-9,17H,1-2H3. The predicted molar refractivity (Wildman–Crippen MR) is 54.9 cm³/mol. The first-order chi connectivity index (χ1) is 8.36. The van der Waals surface area contributed by atoms with Gasteiger partial charge in [-0.25, -0.2) is 5.01 Å². The van der Waals surface area contributed by atoms with Crippen molar-refractivity contribution in [3.05, 3.63) is 23.6 Å². The van der Waals surface area contributed by atoms with Crippen LogP contribution in [0.4, 0.5) is 13.2 Å². The highest BCUT2D eigenvalue weighted by Crippen LogP contribution is 2.38. The molecule has 2 aliphatic rings. The normalized spacial score (nSPS) is 28.7. The van der Waals surface area contributed by atoms with Crippen LogP contribution in [0.3, 0.4) is 0 Å². The van der Waals surface area contributed by atoms with E-state index in [1.807, 2.05) is 0 Å². The zero-order chi connectivity index (χ0) is 13.5. The number of aliphatic hydroxyl groups is 1. The SMILES string of the molecule is COC1=CC=C2C(N=NN2C(O)C(F)(F)F)C1C. The first-order valence-corrected chi connectivity index (χ1v) is 5.26. The number of ether oxygens (including phenoxy) is 1. The van der Waals surface area contributed by atoms with Crippen molar-refractivity contribution in [1.29, 1.82) is 0 Å². The maximum Gasteiger partial charge on any atom is 0.435 e.